The molecule has 0 spiro atoms. The first-order chi connectivity index (χ1) is 13.7. The van der Waals surface area contributed by atoms with Crippen LogP contribution in [0.3, 0.4) is 0 Å². The summed E-state index contributed by atoms with van der Waals surface area (Å²) in [6.07, 6.45) is 0.649. The van der Waals surface area contributed by atoms with Gasteiger partial charge in [-0.05, 0) is 35.9 Å². The van der Waals surface area contributed by atoms with E-state index in [4.69, 9.17) is 18.9 Å². The molecule has 0 bridgehead atoms. The molecule has 28 heavy (non-hydrogen) atoms. The summed E-state index contributed by atoms with van der Waals surface area (Å²) in [6.45, 7) is 0.0270. The smallest absolute Gasteiger partial charge is 0.265 e. The Kier molecular flexibility index (Phi) is 4.96. The minimum Gasteiger partial charge on any atom is -0.485 e. The number of amides is 2. The van der Waals surface area contributed by atoms with Gasteiger partial charge in [-0.15, -0.1) is 0 Å². The van der Waals surface area contributed by atoms with E-state index in [1.807, 2.05) is 6.07 Å². The third-order valence-corrected chi connectivity index (χ3v) is 4.02. The predicted molar refractivity (Wildman–Crippen MR) is 97.7 cm³/mol. The van der Waals surface area contributed by atoms with E-state index in [0.29, 0.717) is 23.0 Å². The molecular weight excluding hydrogens is 366 g/mol. The number of carbonyl (C=O) groups excluding carboxylic acids is 2. The fourth-order valence-electron chi connectivity index (χ4n) is 2.64. The van der Waals surface area contributed by atoms with Gasteiger partial charge < -0.3 is 24.3 Å². The van der Waals surface area contributed by atoms with Crippen LogP contribution in [0.4, 0.5) is 0 Å². The first-order valence-electron chi connectivity index (χ1n) is 8.57. The summed E-state index contributed by atoms with van der Waals surface area (Å²) in [5.74, 6) is 1.46. The van der Waals surface area contributed by atoms with Crippen LogP contribution in [0.25, 0.3) is 0 Å². The second-order valence-electron chi connectivity index (χ2n) is 5.99. The number of hydrogen-bond donors (Lipinski definition) is 2. The molecule has 2 aromatic rings. The molecule has 1 atom stereocenters. The number of hydrogen-bond acceptors (Lipinski definition) is 7. The van der Waals surface area contributed by atoms with Gasteiger partial charge in [0.15, 0.2) is 23.0 Å². The quantitative estimate of drug-likeness (QED) is 0.585. The monoisotopic (exact) mass is 383 g/mol. The minimum atomic E-state index is -0.820. The van der Waals surface area contributed by atoms with E-state index in [1.54, 1.807) is 36.4 Å². The zero-order chi connectivity index (χ0) is 19.3. The highest BCUT2D eigenvalue weighted by atomic mass is 16.7. The maximum Gasteiger partial charge on any atom is 0.265 e. The lowest BCUT2D eigenvalue weighted by Crippen LogP contribution is -2.46. The first-order valence-corrected chi connectivity index (χ1v) is 8.57. The van der Waals surface area contributed by atoms with Gasteiger partial charge in [0, 0.05) is 0 Å². The summed E-state index contributed by atoms with van der Waals surface area (Å²) in [5.41, 5.74) is 3.08. The van der Waals surface area contributed by atoms with Crippen LogP contribution in [0.2, 0.25) is 0 Å². The van der Waals surface area contributed by atoms with Crippen LogP contribution in [-0.4, -0.2) is 44.1 Å². The van der Waals surface area contributed by atoms with Crippen molar-refractivity contribution in [1.82, 2.24) is 10.7 Å². The maximum absolute atomic E-state index is 12.2. The van der Waals surface area contributed by atoms with Crippen LogP contribution >= 0.6 is 0 Å². The predicted octanol–water partition coefficient (Wildman–Crippen LogP) is 0.822. The van der Waals surface area contributed by atoms with E-state index in [0.717, 1.165) is 5.56 Å². The summed E-state index contributed by atoms with van der Waals surface area (Å²) in [6, 6.07) is 12.4. The number of ether oxygens (including phenoxy) is 4. The van der Waals surface area contributed by atoms with Crippen LogP contribution in [0.15, 0.2) is 47.6 Å². The fourth-order valence-corrected chi connectivity index (χ4v) is 2.64. The molecule has 0 unspecified atom stereocenters. The highest BCUT2D eigenvalue weighted by molar-refractivity contribution is 5.88. The fraction of sp³-hybridized carbons (Fsp3) is 0.211. The second kappa shape index (κ2) is 7.87. The van der Waals surface area contributed by atoms with Crippen LogP contribution < -0.4 is 29.7 Å². The minimum absolute atomic E-state index is 0.0761. The zero-order valence-corrected chi connectivity index (χ0v) is 14.7. The van der Waals surface area contributed by atoms with Crippen molar-refractivity contribution in [3.05, 3.63) is 48.0 Å². The van der Waals surface area contributed by atoms with Gasteiger partial charge in [-0.2, -0.15) is 5.10 Å². The lowest BCUT2D eigenvalue weighted by molar-refractivity contribution is -0.132. The topological polar surface area (TPSA) is 107 Å². The maximum atomic E-state index is 12.2. The van der Waals surface area contributed by atoms with Gasteiger partial charge in [0.1, 0.15) is 6.61 Å². The normalized spacial score (nSPS) is 16.6. The van der Waals surface area contributed by atoms with E-state index < -0.39 is 17.9 Å². The molecule has 4 rings (SSSR count). The van der Waals surface area contributed by atoms with Gasteiger partial charge in [0.2, 0.25) is 12.9 Å². The van der Waals surface area contributed by atoms with Crippen molar-refractivity contribution in [3.63, 3.8) is 0 Å². The molecule has 2 aliphatic rings. The number of nitrogens with one attached hydrogen (secondary N) is 2. The Hall–Kier alpha value is -3.75. The van der Waals surface area contributed by atoms with Gasteiger partial charge >= 0.3 is 0 Å². The van der Waals surface area contributed by atoms with E-state index in [-0.39, 0.29) is 19.9 Å². The van der Waals surface area contributed by atoms with Crippen LogP contribution in [0.1, 0.15) is 5.56 Å². The van der Waals surface area contributed by atoms with E-state index in [1.165, 1.54) is 6.21 Å². The molecule has 9 heteroatoms. The van der Waals surface area contributed by atoms with Gasteiger partial charge in [-0.25, -0.2) is 5.43 Å². The molecule has 9 nitrogen and oxygen atoms in total. The molecule has 0 aliphatic carbocycles. The van der Waals surface area contributed by atoms with Crippen LogP contribution in [0.5, 0.6) is 23.0 Å². The molecule has 2 N–H and O–H groups in total. The Balaban J connectivity index is 1.23. The second-order valence-corrected chi connectivity index (χ2v) is 5.99. The molecule has 2 aliphatic heterocycles. The highest BCUT2D eigenvalue weighted by Crippen LogP contribution is 2.32. The van der Waals surface area contributed by atoms with Crippen molar-refractivity contribution in [2.45, 2.75) is 6.10 Å². The standard InChI is InChI=1S/C19H17N3O6/c23-18(22-21-8-12-5-6-14-16(7-12)27-11-26-14)9-20-19(24)17-10-25-13-3-1-2-4-15(13)28-17/h1-8,17H,9-11H2,(H,20,24)(H,22,23)/t17-/m0/s1. The van der Waals surface area contributed by atoms with Gasteiger partial charge in [0.25, 0.3) is 11.8 Å². The molecule has 0 fully saturated rings. The summed E-state index contributed by atoms with van der Waals surface area (Å²) in [7, 11) is 0. The van der Waals surface area contributed by atoms with Crippen LogP contribution in [0, 0.1) is 0 Å². The number of rotatable bonds is 5. The molecule has 0 saturated carbocycles. The van der Waals surface area contributed by atoms with Gasteiger partial charge in [0.05, 0.1) is 12.8 Å². The molecule has 0 saturated heterocycles. The number of fused-ring (bicyclic) bond motifs is 2. The number of carbonyl (C=O) groups is 2. The largest absolute Gasteiger partial charge is 0.485 e. The molecule has 0 aromatic heterocycles. The molecule has 2 aromatic carbocycles. The number of hydrazone groups is 1. The SMILES string of the molecule is O=C(CNC(=O)[C@@H]1COc2ccccc2O1)NN=Cc1ccc2c(c1)OCO2. The lowest BCUT2D eigenvalue weighted by Gasteiger charge is -2.25. The molecule has 0 radical (unpaired) electrons. The third-order valence-electron chi connectivity index (χ3n) is 4.02. The van der Waals surface area contributed by atoms with Gasteiger partial charge in [-0.3, -0.25) is 9.59 Å². The molecule has 144 valence electrons. The third kappa shape index (κ3) is 3.98. The number of nitrogens with zero attached hydrogens (tertiary/aromatic N) is 1. The number of para-hydroxylation sites is 2. The Morgan fingerprint density at radius 3 is 2.71 bits per heavy atom. The van der Waals surface area contributed by atoms with E-state index in [2.05, 4.69) is 15.8 Å². The van der Waals surface area contributed by atoms with Crippen molar-refractivity contribution in [2.75, 3.05) is 19.9 Å². The lowest BCUT2D eigenvalue weighted by atomic mass is 10.2. The Bertz CT molecular complexity index is 930. The van der Waals surface area contributed by atoms with Crippen molar-refractivity contribution in [3.8, 4) is 23.0 Å². The Morgan fingerprint density at radius 2 is 1.82 bits per heavy atom. The highest BCUT2D eigenvalue weighted by Gasteiger charge is 2.27. The average Bonchev–Trinajstić information content (AvgIpc) is 3.19. The summed E-state index contributed by atoms with van der Waals surface area (Å²) >= 11 is 0. The summed E-state index contributed by atoms with van der Waals surface area (Å²) in [4.78, 5) is 24.0. The van der Waals surface area contributed by atoms with E-state index in [9.17, 15) is 9.59 Å². The molecule has 2 amide bonds. The molecular formula is C19H17N3O6. The average molecular weight is 383 g/mol. The van der Waals surface area contributed by atoms with Gasteiger partial charge in [-0.1, -0.05) is 12.1 Å². The van der Waals surface area contributed by atoms with Crippen LogP contribution in [-0.2, 0) is 9.59 Å². The first kappa shape index (κ1) is 17.7. The van der Waals surface area contributed by atoms with Crippen molar-refractivity contribution in [2.24, 2.45) is 5.10 Å². The van der Waals surface area contributed by atoms with Crippen molar-refractivity contribution >= 4 is 18.0 Å². The number of benzene rings is 2. The summed E-state index contributed by atoms with van der Waals surface area (Å²) < 4.78 is 21.6. The van der Waals surface area contributed by atoms with Crippen molar-refractivity contribution < 1.29 is 28.5 Å². The Morgan fingerprint density at radius 1 is 1.04 bits per heavy atom. The Labute approximate surface area is 160 Å². The molecule has 2 heterocycles. The zero-order valence-electron chi connectivity index (χ0n) is 14.7. The summed E-state index contributed by atoms with van der Waals surface area (Å²) in [5, 5.41) is 6.36. The van der Waals surface area contributed by atoms with Crippen molar-refractivity contribution in [1.29, 1.82) is 0 Å². The van der Waals surface area contributed by atoms with E-state index >= 15 is 0 Å².